The van der Waals surface area contributed by atoms with Crippen LogP contribution >= 0.6 is 39.0 Å². The van der Waals surface area contributed by atoms with Crippen LogP contribution in [0.15, 0.2) is 63.7 Å². The van der Waals surface area contributed by atoms with Crippen molar-refractivity contribution in [2.45, 2.75) is 10.8 Å². The first-order chi connectivity index (χ1) is 12.7. The van der Waals surface area contributed by atoms with E-state index in [4.69, 9.17) is 9.72 Å². The number of ether oxygens (including phenoxy) is 1. The SMILES string of the molecule is COc1ccc(Br)cc1-c1nc(CSc2ncnc3ccccc23)cs1. The molecule has 0 saturated heterocycles. The number of halogens is 1. The van der Waals surface area contributed by atoms with E-state index in [1.54, 1.807) is 36.5 Å². The van der Waals surface area contributed by atoms with Gasteiger partial charge in [0.15, 0.2) is 0 Å². The summed E-state index contributed by atoms with van der Waals surface area (Å²) in [7, 11) is 1.68. The average Bonchev–Trinajstić information content (AvgIpc) is 3.15. The number of hydrogen-bond donors (Lipinski definition) is 0. The van der Waals surface area contributed by atoms with E-state index < -0.39 is 0 Å². The molecule has 0 spiro atoms. The Morgan fingerprint density at radius 1 is 1.15 bits per heavy atom. The third-order valence-electron chi connectivity index (χ3n) is 3.81. The number of aromatic nitrogens is 3. The average molecular weight is 444 g/mol. The molecule has 7 heteroatoms. The Kier molecular flexibility index (Phi) is 5.19. The molecule has 0 aliphatic heterocycles. The number of benzene rings is 2. The molecule has 4 rings (SSSR count). The van der Waals surface area contributed by atoms with E-state index in [0.717, 1.165) is 48.2 Å². The van der Waals surface area contributed by atoms with Crippen molar-refractivity contribution in [2.75, 3.05) is 7.11 Å². The van der Waals surface area contributed by atoms with E-state index in [-0.39, 0.29) is 0 Å². The smallest absolute Gasteiger partial charge is 0.129 e. The number of hydrogen-bond acceptors (Lipinski definition) is 6. The molecule has 0 saturated carbocycles. The summed E-state index contributed by atoms with van der Waals surface area (Å²) in [4.78, 5) is 13.5. The van der Waals surface area contributed by atoms with Gasteiger partial charge in [-0.1, -0.05) is 45.9 Å². The van der Waals surface area contributed by atoms with Gasteiger partial charge in [-0.3, -0.25) is 0 Å². The molecule has 0 aliphatic carbocycles. The number of thioether (sulfide) groups is 1. The third kappa shape index (κ3) is 3.60. The van der Waals surface area contributed by atoms with E-state index in [1.165, 1.54) is 0 Å². The lowest BCUT2D eigenvalue weighted by Crippen LogP contribution is -1.89. The van der Waals surface area contributed by atoms with Gasteiger partial charge < -0.3 is 4.74 Å². The second-order valence-electron chi connectivity index (χ2n) is 5.47. The van der Waals surface area contributed by atoms with Gasteiger partial charge in [-0.25, -0.2) is 15.0 Å². The lowest BCUT2D eigenvalue weighted by Gasteiger charge is -2.06. The number of thiazole rings is 1. The Morgan fingerprint density at radius 3 is 2.92 bits per heavy atom. The predicted octanol–water partition coefficient (Wildman–Crippen LogP) is 5.82. The summed E-state index contributed by atoms with van der Waals surface area (Å²) in [5.41, 5.74) is 2.98. The summed E-state index contributed by atoms with van der Waals surface area (Å²) < 4.78 is 6.47. The van der Waals surface area contributed by atoms with Crippen molar-refractivity contribution in [3.05, 3.63) is 64.3 Å². The summed E-state index contributed by atoms with van der Waals surface area (Å²) in [6, 6.07) is 14.0. The molecule has 130 valence electrons. The van der Waals surface area contributed by atoms with E-state index in [9.17, 15) is 0 Å². The first-order valence-corrected chi connectivity index (χ1v) is 10.5. The summed E-state index contributed by atoms with van der Waals surface area (Å²) >= 11 is 6.82. The van der Waals surface area contributed by atoms with Crippen molar-refractivity contribution in [3.63, 3.8) is 0 Å². The summed E-state index contributed by atoms with van der Waals surface area (Å²) in [5.74, 6) is 1.58. The van der Waals surface area contributed by atoms with Crippen molar-refractivity contribution >= 4 is 49.9 Å². The van der Waals surface area contributed by atoms with E-state index in [2.05, 4.69) is 37.3 Å². The van der Waals surface area contributed by atoms with E-state index in [0.29, 0.717) is 0 Å². The van der Waals surface area contributed by atoms with Gasteiger partial charge in [0.1, 0.15) is 22.1 Å². The fourth-order valence-electron chi connectivity index (χ4n) is 2.58. The summed E-state index contributed by atoms with van der Waals surface area (Å²) in [6.07, 6.45) is 1.61. The van der Waals surface area contributed by atoms with E-state index >= 15 is 0 Å². The molecule has 2 aromatic carbocycles. The van der Waals surface area contributed by atoms with Crippen LogP contribution < -0.4 is 4.74 Å². The van der Waals surface area contributed by atoms with Crippen LogP contribution in [0.4, 0.5) is 0 Å². The number of methoxy groups -OCH3 is 1. The highest BCUT2D eigenvalue weighted by atomic mass is 79.9. The van der Waals surface area contributed by atoms with Crippen molar-refractivity contribution in [1.82, 2.24) is 15.0 Å². The normalized spacial score (nSPS) is 11.0. The molecule has 4 nitrogen and oxygen atoms in total. The molecule has 0 bridgehead atoms. The molecule has 26 heavy (non-hydrogen) atoms. The summed E-state index contributed by atoms with van der Waals surface area (Å²) in [5, 5.41) is 5.09. The van der Waals surface area contributed by atoms with Crippen LogP contribution in [0.1, 0.15) is 5.69 Å². The first kappa shape index (κ1) is 17.5. The van der Waals surface area contributed by atoms with Crippen LogP contribution in [-0.2, 0) is 5.75 Å². The lowest BCUT2D eigenvalue weighted by molar-refractivity contribution is 0.416. The molecule has 0 amide bonds. The molecular formula is C19H14BrN3OS2. The third-order valence-corrected chi connectivity index (χ3v) is 6.26. The van der Waals surface area contributed by atoms with Gasteiger partial charge in [-0.2, -0.15) is 0 Å². The van der Waals surface area contributed by atoms with Gasteiger partial charge in [-0.15, -0.1) is 11.3 Å². The van der Waals surface area contributed by atoms with Crippen LogP contribution in [-0.4, -0.2) is 22.1 Å². The molecule has 2 heterocycles. The molecule has 0 fully saturated rings. The Hall–Kier alpha value is -1.96. The monoisotopic (exact) mass is 443 g/mol. The van der Waals surface area contributed by atoms with E-state index in [1.807, 2.05) is 36.4 Å². The number of nitrogens with zero attached hydrogens (tertiary/aromatic N) is 3. The molecule has 0 radical (unpaired) electrons. The lowest BCUT2D eigenvalue weighted by atomic mass is 10.2. The zero-order valence-electron chi connectivity index (χ0n) is 13.8. The van der Waals surface area contributed by atoms with Gasteiger partial charge in [0, 0.05) is 21.0 Å². The van der Waals surface area contributed by atoms with Crippen molar-refractivity contribution in [2.24, 2.45) is 0 Å². The minimum atomic E-state index is 0.758. The molecule has 0 aliphatic rings. The zero-order valence-corrected chi connectivity index (χ0v) is 17.1. The number of para-hydroxylation sites is 1. The molecular weight excluding hydrogens is 430 g/mol. The maximum Gasteiger partial charge on any atom is 0.129 e. The molecule has 0 unspecified atom stereocenters. The van der Waals surface area contributed by atoms with Crippen LogP contribution in [0.5, 0.6) is 5.75 Å². The minimum Gasteiger partial charge on any atom is -0.496 e. The Labute approximate surface area is 167 Å². The quantitative estimate of drug-likeness (QED) is 0.287. The standard InChI is InChI=1S/C19H14BrN3OS2/c1-24-17-7-6-12(20)8-15(17)19-23-13(10-26-19)9-25-18-14-4-2-3-5-16(14)21-11-22-18/h2-8,10-11H,9H2,1H3. The fourth-order valence-corrected chi connectivity index (χ4v) is 4.77. The highest BCUT2D eigenvalue weighted by Crippen LogP contribution is 2.35. The zero-order chi connectivity index (χ0) is 17.9. The highest BCUT2D eigenvalue weighted by molar-refractivity contribution is 9.10. The first-order valence-electron chi connectivity index (χ1n) is 7.85. The van der Waals surface area contributed by atoms with Crippen LogP contribution in [0.25, 0.3) is 21.5 Å². The Bertz CT molecular complexity index is 1060. The maximum absolute atomic E-state index is 5.47. The van der Waals surface area contributed by atoms with Gasteiger partial charge in [0.2, 0.25) is 0 Å². The largest absolute Gasteiger partial charge is 0.496 e. The van der Waals surface area contributed by atoms with Crippen molar-refractivity contribution in [3.8, 4) is 16.3 Å². The van der Waals surface area contributed by atoms with Crippen LogP contribution in [0.2, 0.25) is 0 Å². The Balaban J connectivity index is 1.57. The second kappa shape index (κ2) is 7.73. The fraction of sp³-hybridized carbons (Fsp3) is 0.105. The molecule has 4 aromatic rings. The van der Waals surface area contributed by atoms with Gasteiger partial charge >= 0.3 is 0 Å². The van der Waals surface area contributed by atoms with Crippen molar-refractivity contribution < 1.29 is 4.74 Å². The van der Waals surface area contributed by atoms with Gasteiger partial charge in [0.05, 0.1) is 23.9 Å². The molecule has 0 N–H and O–H groups in total. The number of rotatable bonds is 5. The summed E-state index contributed by atoms with van der Waals surface area (Å²) in [6.45, 7) is 0. The van der Waals surface area contributed by atoms with Crippen LogP contribution in [0.3, 0.4) is 0 Å². The minimum absolute atomic E-state index is 0.758. The van der Waals surface area contributed by atoms with Gasteiger partial charge in [0.25, 0.3) is 0 Å². The second-order valence-corrected chi connectivity index (χ2v) is 8.21. The molecule has 2 aromatic heterocycles. The predicted molar refractivity (Wildman–Crippen MR) is 111 cm³/mol. The molecule has 0 atom stereocenters. The number of fused-ring (bicyclic) bond motifs is 1. The maximum atomic E-state index is 5.47. The van der Waals surface area contributed by atoms with Gasteiger partial charge in [-0.05, 0) is 24.3 Å². The van der Waals surface area contributed by atoms with Crippen LogP contribution in [0, 0.1) is 0 Å². The highest BCUT2D eigenvalue weighted by Gasteiger charge is 2.12. The topological polar surface area (TPSA) is 47.9 Å². The Morgan fingerprint density at radius 2 is 2.04 bits per heavy atom. The van der Waals surface area contributed by atoms with Crippen molar-refractivity contribution in [1.29, 1.82) is 0 Å².